The van der Waals surface area contributed by atoms with Crippen LogP contribution in [0, 0.1) is 0 Å². The smallest absolute Gasteiger partial charge is 0.129 e. The van der Waals surface area contributed by atoms with Gasteiger partial charge in [0.15, 0.2) is 0 Å². The monoisotopic (exact) mass is 220 g/mol. The van der Waals surface area contributed by atoms with Crippen molar-refractivity contribution < 1.29 is 9.53 Å². The Kier molecular flexibility index (Phi) is 3.19. The Morgan fingerprint density at radius 2 is 1.75 bits per heavy atom. The number of ether oxygens (including phenoxy) is 1. The topological polar surface area (TPSA) is 65.2 Å². The molecule has 4 heteroatoms. The third kappa shape index (κ3) is 1.69. The van der Waals surface area contributed by atoms with Crippen molar-refractivity contribution in [2.24, 2.45) is 0 Å². The first-order valence-corrected chi connectivity index (χ1v) is 5.52. The number of carbonyl (C=O) groups is 1. The molecule has 2 heterocycles. The molecular formula is C12H16N2O2. The van der Waals surface area contributed by atoms with Gasteiger partial charge in [0.2, 0.25) is 0 Å². The summed E-state index contributed by atoms with van der Waals surface area (Å²) < 4.78 is 5.44. The molecule has 0 aromatic carbocycles. The number of hydrogen-bond acceptors (Lipinski definition) is 4. The molecule has 1 aliphatic carbocycles. The van der Waals surface area contributed by atoms with Crippen LogP contribution in [0.3, 0.4) is 0 Å². The van der Waals surface area contributed by atoms with Crippen LogP contribution in [-0.2, 0) is 35.6 Å². The highest BCUT2D eigenvalue weighted by Crippen LogP contribution is 2.32. The van der Waals surface area contributed by atoms with Crippen molar-refractivity contribution in [2.75, 3.05) is 5.73 Å². The quantitative estimate of drug-likeness (QED) is 0.717. The zero-order valence-electron chi connectivity index (χ0n) is 9.29. The Balaban J connectivity index is 0.000000457. The van der Waals surface area contributed by atoms with Crippen LogP contribution >= 0.6 is 0 Å². The van der Waals surface area contributed by atoms with E-state index in [2.05, 4.69) is 4.98 Å². The summed E-state index contributed by atoms with van der Waals surface area (Å²) >= 11 is 0. The lowest BCUT2D eigenvalue weighted by atomic mass is 9.91. The summed E-state index contributed by atoms with van der Waals surface area (Å²) in [6, 6.07) is 0. The molecule has 0 unspecified atom stereocenters. The predicted octanol–water partition coefficient (Wildman–Crippen LogP) is 1.39. The number of nitrogen functional groups attached to an aromatic ring is 1. The molecule has 0 saturated heterocycles. The van der Waals surface area contributed by atoms with Gasteiger partial charge in [-0.25, -0.2) is 4.98 Å². The van der Waals surface area contributed by atoms with Crippen LogP contribution in [0.15, 0.2) is 0 Å². The molecule has 1 aromatic rings. The number of anilines is 1. The van der Waals surface area contributed by atoms with Crippen LogP contribution in [0.1, 0.15) is 35.2 Å². The average molecular weight is 220 g/mol. The van der Waals surface area contributed by atoms with Crippen LogP contribution in [0.5, 0.6) is 0 Å². The molecule has 86 valence electrons. The number of nitrogens with zero attached hydrogens (tertiary/aromatic N) is 1. The molecule has 0 spiro atoms. The molecule has 1 aromatic heterocycles. The number of nitrogens with two attached hydrogens (primary N) is 1. The Morgan fingerprint density at radius 1 is 1.06 bits per heavy atom. The summed E-state index contributed by atoms with van der Waals surface area (Å²) in [5.41, 5.74) is 11.0. The van der Waals surface area contributed by atoms with Gasteiger partial charge in [0, 0.05) is 11.3 Å². The number of carbonyl (C=O) groups excluding carboxylic acids is 1. The summed E-state index contributed by atoms with van der Waals surface area (Å²) in [7, 11) is 0. The lowest BCUT2D eigenvalue weighted by molar-refractivity contribution is -0.0979. The zero-order valence-corrected chi connectivity index (χ0v) is 9.29. The van der Waals surface area contributed by atoms with Gasteiger partial charge >= 0.3 is 0 Å². The molecule has 0 bridgehead atoms. The van der Waals surface area contributed by atoms with Crippen LogP contribution in [0.2, 0.25) is 0 Å². The van der Waals surface area contributed by atoms with Crippen molar-refractivity contribution in [1.82, 2.24) is 4.98 Å². The van der Waals surface area contributed by atoms with Gasteiger partial charge in [-0.1, -0.05) is 0 Å². The van der Waals surface area contributed by atoms with Crippen molar-refractivity contribution in [3.8, 4) is 0 Å². The summed E-state index contributed by atoms with van der Waals surface area (Å²) in [5.74, 6) is 0.693. The van der Waals surface area contributed by atoms with Gasteiger partial charge in [-0.05, 0) is 36.8 Å². The highest BCUT2D eigenvalue weighted by atomic mass is 16.5. The summed E-state index contributed by atoms with van der Waals surface area (Å²) in [5, 5.41) is 0. The molecule has 0 atom stereocenters. The average Bonchev–Trinajstić information content (AvgIpc) is 2.82. The van der Waals surface area contributed by atoms with Crippen molar-refractivity contribution in [2.45, 2.75) is 38.9 Å². The Hall–Kier alpha value is -1.42. The van der Waals surface area contributed by atoms with E-state index in [1.807, 2.05) is 6.79 Å². The van der Waals surface area contributed by atoms with Crippen molar-refractivity contribution >= 4 is 12.6 Å². The van der Waals surface area contributed by atoms with E-state index >= 15 is 0 Å². The van der Waals surface area contributed by atoms with Gasteiger partial charge < -0.3 is 15.3 Å². The summed E-state index contributed by atoms with van der Waals surface area (Å²) in [4.78, 5) is 12.5. The minimum atomic E-state index is 0.654. The van der Waals surface area contributed by atoms with Crippen molar-refractivity contribution in [3.63, 3.8) is 0 Å². The molecule has 3 rings (SSSR count). The number of aryl methyl sites for hydroxylation is 1. The molecular weight excluding hydrogens is 204 g/mol. The maximum Gasteiger partial charge on any atom is 0.129 e. The van der Waals surface area contributed by atoms with Crippen LogP contribution < -0.4 is 5.73 Å². The van der Waals surface area contributed by atoms with Gasteiger partial charge in [-0.3, -0.25) is 0 Å². The zero-order chi connectivity index (χ0) is 11.5. The third-order valence-corrected chi connectivity index (χ3v) is 3.22. The van der Waals surface area contributed by atoms with E-state index in [4.69, 9.17) is 15.3 Å². The molecule has 0 amide bonds. The van der Waals surface area contributed by atoms with E-state index in [0.29, 0.717) is 12.4 Å². The van der Waals surface area contributed by atoms with Gasteiger partial charge in [0.05, 0.1) is 13.2 Å². The van der Waals surface area contributed by atoms with E-state index in [0.717, 1.165) is 25.0 Å². The van der Waals surface area contributed by atoms with Crippen molar-refractivity contribution in [1.29, 1.82) is 0 Å². The fraction of sp³-hybridized carbons (Fsp3) is 0.500. The molecule has 16 heavy (non-hydrogen) atoms. The van der Waals surface area contributed by atoms with E-state index in [-0.39, 0.29) is 0 Å². The first-order valence-electron chi connectivity index (χ1n) is 5.52. The van der Waals surface area contributed by atoms with E-state index in [1.54, 1.807) is 0 Å². The Labute approximate surface area is 94.8 Å². The summed E-state index contributed by atoms with van der Waals surface area (Å²) in [6.45, 7) is 3.39. The Bertz CT molecular complexity index is 404. The minimum Gasteiger partial charge on any atom is -0.383 e. The van der Waals surface area contributed by atoms with Gasteiger partial charge in [0.25, 0.3) is 0 Å². The Morgan fingerprint density at radius 3 is 2.56 bits per heavy atom. The second-order valence-electron chi connectivity index (χ2n) is 4.08. The van der Waals surface area contributed by atoms with Gasteiger partial charge in [-0.15, -0.1) is 0 Å². The molecule has 0 fully saturated rings. The van der Waals surface area contributed by atoms with Crippen LogP contribution in [0.4, 0.5) is 5.82 Å². The number of hydrogen-bond donors (Lipinski definition) is 1. The second-order valence-corrected chi connectivity index (χ2v) is 4.08. The lowest BCUT2D eigenvalue weighted by Gasteiger charge is -2.18. The fourth-order valence-corrected chi connectivity index (χ4v) is 2.48. The molecule has 0 radical (unpaired) electrons. The van der Waals surface area contributed by atoms with Crippen LogP contribution in [-0.4, -0.2) is 11.8 Å². The largest absolute Gasteiger partial charge is 0.383 e. The number of aromatic nitrogens is 1. The highest BCUT2D eigenvalue weighted by molar-refractivity contribution is 5.52. The predicted molar refractivity (Wildman–Crippen MR) is 60.9 cm³/mol. The fourth-order valence-electron chi connectivity index (χ4n) is 2.48. The highest BCUT2D eigenvalue weighted by Gasteiger charge is 2.23. The molecule has 4 nitrogen and oxygen atoms in total. The van der Waals surface area contributed by atoms with E-state index < -0.39 is 0 Å². The lowest BCUT2D eigenvalue weighted by Crippen LogP contribution is -2.11. The van der Waals surface area contributed by atoms with Crippen molar-refractivity contribution in [3.05, 3.63) is 22.4 Å². The maximum atomic E-state index is 8.00. The first kappa shape index (κ1) is 11.1. The van der Waals surface area contributed by atoms with E-state index in [9.17, 15) is 0 Å². The minimum absolute atomic E-state index is 0.654. The first-order chi connectivity index (χ1) is 7.86. The SMILES string of the molecule is C=O.Nc1nc2c(c3c1COC3)CCCC2. The summed E-state index contributed by atoms with van der Waals surface area (Å²) in [6.07, 6.45) is 4.78. The maximum absolute atomic E-state index is 8.00. The van der Waals surface area contributed by atoms with E-state index in [1.165, 1.54) is 29.7 Å². The van der Waals surface area contributed by atoms with Gasteiger partial charge in [-0.2, -0.15) is 0 Å². The molecule has 2 aliphatic rings. The number of fused-ring (bicyclic) bond motifs is 3. The normalized spacial score (nSPS) is 17.0. The second kappa shape index (κ2) is 4.61. The third-order valence-electron chi connectivity index (χ3n) is 3.22. The standard InChI is InChI=1S/C11H14N2O.CH2O/c12-11-9-6-14-5-8(9)7-3-1-2-4-10(7)13-11;1-2/h1-6H2,(H2,12,13);1H2. The molecule has 2 N–H and O–H groups in total. The van der Waals surface area contributed by atoms with Gasteiger partial charge in [0.1, 0.15) is 12.6 Å². The number of rotatable bonds is 0. The number of pyridine rings is 1. The molecule has 1 aliphatic heterocycles. The van der Waals surface area contributed by atoms with Crippen LogP contribution in [0.25, 0.3) is 0 Å². The molecule has 0 saturated carbocycles.